The first kappa shape index (κ1) is 32.7. The average molecular weight is 619 g/mol. The second kappa shape index (κ2) is 13.2. The van der Waals surface area contributed by atoms with E-state index in [4.69, 9.17) is 9.47 Å². The van der Waals surface area contributed by atoms with Gasteiger partial charge in [0.2, 0.25) is 0 Å². The van der Waals surface area contributed by atoms with Crippen molar-refractivity contribution in [3.8, 4) is 5.75 Å². The first-order chi connectivity index (χ1) is 20.7. The highest BCUT2D eigenvalue weighted by Crippen LogP contribution is 2.34. The molecule has 0 spiro atoms. The van der Waals surface area contributed by atoms with E-state index in [9.17, 15) is 32.3 Å². The number of nitrogens with zero attached hydrogens (tertiary/aromatic N) is 3. The van der Waals surface area contributed by atoms with Crippen molar-refractivity contribution in [2.24, 2.45) is 11.8 Å². The van der Waals surface area contributed by atoms with Crippen molar-refractivity contribution in [1.29, 1.82) is 0 Å². The van der Waals surface area contributed by atoms with E-state index >= 15 is 0 Å². The lowest BCUT2D eigenvalue weighted by molar-refractivity contribution is -0.191. The van der Waals surface area contributed by atoms with Gasteiger partial charge in [0.25, 0.3) is 11.8 Å². The molecule has 2 aromatic rings. The summed E-state index contributed by atoms with van der Waals surface area (Å²) < 4.78 is 52.1. The number of rotatable bonds is 6. The smallest absolute Gasteiger partial charge is 0.410 e. The summed E-state index contributed by atoms with van der Waals surface area (Å²) in [6, 6.07) is 8.33. The van der Waals surface area contributed by atoms with Gasteiger partial charge in [0.1, 0.15) is 17.0 Å². The predicted octanol–water partition coefficient (Wildman–Crippen LogP) is 4.74. The van der Waals surface area contributed by atoms with E-state index in [2.05, 4.69) is 10.3 Å². The molecule has 13 heteroatoms. The summed E-state index contributed by atoms with van der Waals surface area (Å²) >= 11 is 0. The van der Waals surface area contributed by atoms with Gasteiger partial charge in [0, 0.05) is 49.9 Å². The van der Waals surface area contributed by atoms with Gasteiger partial charge >= 0.3 is 12.3 Å². The Hall–Kier alpha value is -4.16. The van der Waals surface area contributed by atoms with Crippen molar-refractivity contribution < 1.29 is 41.8 Å². The molecule has 2 atom stereocenters. The summed E-state index contributed by atoms with van der Waals surface area (Å²) in [7, 11) is 1.55. The van der Waals surface area contributed by atoms with Crippen LogP contribution in [-0.2, 0) is 4.74 Å². The number of nitrogens with one attached hydrogen (secondary N) is 1. The molecule has 3 amide bonds. The number of pyridine rings is 1. The fraction of sp³-hybridized carbons (Fsp3) is 0.516. The van der Waals surface area contributed by atoms with Crippen LogP contribution in [0.15, 0.2) is 42.6 Å². The molecular formula is C31H37F3N4O6. The van der Waals surface area contributed by atoms with Crippen molar-refractivity contribution in [1.82, 2.24) is 20.1 Å². The van der Waals surface area contributed by atoms with Crippen LogP contribution in [0.2, 0.25) is 0 Å². The Morgan fingerprint density at radius 2 is 1.50 bits per heavy atom. The van der Waals surface area contributed by atoms with Crippen LogP contribution in [0.5, 0.6) is 5.75 Å². The lowest BCUT2D eigenvalue weighted by Crippen LogP contribution is -2.57. The van der Waals surface area contributed by atoms with Crippen LogP contribution in [0, 0.1) is 11.8 Å². The molecule has 3 heterocycles. The second-order valence-electron chi connectivity index (χ2n) is 12.0. The van der Waals surface area contributed by atoms with Crippen LogP contribution in [0.3, 0.4) is 0 Å². The quantitative estimate of drug-likeness (QED) is 0.465. The molecule has 2 aliphatic rings. The zero-order valence-electron chi connectivity index (χ0n) is 25.1. The molecule has 1 N–H and O–H groups in total. The van der Waals surface area contributed by atoms with Crippen LogP contribution >= 0.6 is 0 Å². The zero-order valence-corrected chi connectivity index (χ0v) is 25.1. The van der Waals surface area contributed by atoms with Crippen molar-refractivity contribution in [2.75, 3.05) is 33.3 Å². The Labute approximate surface area is 253 Å². The number of ether oxygens (including phenoxy) is 2. The van der Waals surface area contributed by atoms with Gasteiger partial charge in [-0.05, 0) is 76.4 Å². The van der Waals surface area contributed by atoms with Gasteiger partial charge in [-0.3, -0.25) is 19.4 Å². The minimum atomic E-state index is -4.67. The lowest BCUT2D eigenvalue weighted by atomic mass is 9.88. The molecule has 4 rings (SSSR count). The third kappa shape index (κ3) is 8.06. The molecule has 1 aromatic carbocycles. The van der Waals surface area contributed by atoms with Gasteiger partial charge in [-0.25, -0.2) is 4.79 Å². The fourth-order valence-corrected chi connectivity index (χ4v) is 5.35. The Kier molecular flexibility index (Phi) is 9.85. The van der Waals surface area contributed by atoms with Gasteiger partial charge < -0.3 is 24.6 Å². The first-order valence-electron chi connectivity index (χ1n) is 14.5. The molecule has 1 aromatic heterocycles. The van der Waals surface area contributed by atoms with E-state index in [0.717, 1.165) is 11.1 Å². The molecule has 2 fully saturated rings. The molecular weight excluding hydrogens is 581 g/mol. The molecule has 238 valence electrons. The Balaban J connectivity index is 1.32. The number of hydrogen-bond acceptors (Lipinski definition) is 7. The number of alkyl halides is 3. The summed E-state index contributed by atoms with van der Waals surface area (Å²) in [5, 5.41) is 2.43. The number of amides is 3. The van der Waals surface area contributed by atoms with Crippen LogP contribution < -0.4 is 10.1 Å². The van der Waals surface area contributed by atoms with E-state index < -0.39 is 42.3 Å². The molecule has 44 heavy (non-hydrogen) atoms. The summed E-state index contributed by atoms with van der Waals surface area (Å²) in [6.45, 7) is 4.94. The maximum Gasteiger partial charge on any atom is 0.410 e. The second-order valence-corrected chi connectivity index (χ2v) is 12.0. The van der Waals surface area contributed by atoms with Gasteiger partial charge in [0.05, 0.1) is 18.6 Å². The molecule has 0 saturated carbocycles. The predicted molar refractivity (Wildman–Crippen MR) is 153 cm³/mol. The molecule has 0 aliphatic carbocycles. The third-order valence-corrected chi connectivity index (χ3v) is 7.77. The van der Waals surface area contributed by atoms with Crippen molar-refractivity contribution in [2.45, 2.75) is 57.9 Å². The molecule has 2 saturated heterocycles. The summed E-state index contributed by atoms with van der Waals surface area (Å²) in [6.07, 6.45) is -3.49. The minimum absolute atomic E-state index is 0.000780. The summed E-state index contributed by atoms with van der Waals surface area (Å²) in [4.78, 5) is 57.8. The zero-order chi connectivity index (χ0) is 32.2. The van der Waals surface area contributed by atoms with E-state index in [1.165, 1.54) is 12.1 Å². The Morgan fingerprint density at radius 3 is 2.05 bits per heavy atom. The monoisotopic (exact) mass is 618 g/mol. The molecule has 0 unspecified atom stereocenters. The minimum Gasteiger partial charge on any atom is -0.497 e. The lowest BCUT2D eigenvalue weighted by Gasteiger charge is -2.39. The van der Waals surface area contributed by atoms with E-state index in [1.807, 2.05) is 0 Å². The van der Waals surface area contributed by atoms with E-state index in [-0.39, 0.29) is 41.8 Å². The van der Waals surface area contributed by atoms with Gasteiger partial charge in [0.15, 0.2) is 5.78 Å². The van der Waals surface area contributed by atoms with Crippen LogP contribution in [0.4, 0.5) is 18.0 Å². The van der Waals surface area contributed by atoms with Gasteiger partial charge in [-0.2, -0.15) is 13.2 Å². The number of halogens is 3. The van der Waals surface area contributed by atoms with Crippen molar-refractivity contribution in [3.63, 3.8) is 0 Å². The number of Topliss-reactive ketones (excluding diaryl/α,β-unsaturated/α-hetero) is 1. The van der Waals surface area contributed by atoms with Crippen LogP contribution in [0.25, 0.3) is 0 Å². The van der Waals surface area contributed by atoms with Gasteiger partial charge in [-0.15, -0.1) is 0 Å². The Bertz CT molecular complexity index is 1350. The van der Waals surface area contributed by atoms with E-state index in [1.54, 1.807) is 57.0 Å². The first-order valence-corrected chi connectivity index (χ1v) is 14.5. The van der Waals surface area contributed by atoms with Crippen molar-refractivity contribution >= 4 is 23.7 Å². The number of hydrogen-bond donors (Lipinski definition) is 1. The number of piperidine rings is 2. The molecule has 0 radical (unpaired) electrons. The number of carbonyl (C=O) groups excluding carboxylic acids is 4. The Morgan fingerprint density at radius 1 is 0.886 bits per heavy atom. The SMILES string of the molecule is COc1ccc(C(=O)C2CCN(C(=O)c3ccc(C(=O)N[C@@H]4CCN(C(=O)OC(C)(C)C)C[C@@H]4C(F)(F)F)cn3)CC2)cc1. The highest BCUT2D eigenvalue weighted by atomic mass is 19.4. The highest BCUT2D eigenvalue weighted by molar-refractivity contribution is 5.99. The highest BCUT2D eigenvalue weighted by Gasteiger charge is 2.49. The molecule has 0 bridgehead atoms. The number of methoxy groups -OCH3 is 1. The normalized spacial score (nSPS) is 19.7. The maximum absolute atomic E-state index is 13.9. The van der Waals surface area contributed by atoms with E-state index in [0.29, 0.717) is 37.2 Å². The number of benzene rings is 1. The number of likely N-dealkylation sites (tertiary alicyclic amines) is 2. The van der Waals surface area contributed by atoms with Gasteiger partial charge in [-0.1, -0.05) is 0 Å². The topological polar surface area (TPSA) is 118 Å². The maximum atomic E-state index is 13.9. The average Bonchev–Trinajstić information content (AvgIpc) is 2.99. The van der Waals surface area contributed by atoms with Crippen LogP contribution in [0.1, 0.15) is 71.2 Å². The van der Waals surface area contributed by atoms with Crippen LogP contribution in [-0.4, -0.2) is 89.6 Å². The number of carbonyl (C=O) groups is 4. The summed E-state index contributed by atoms with van der Waals surface area (Å²) in [5.41, 5.74) is -0.188. The number of aromatic nitrogens is 1. The van der Waals surface area contributed by atoms with Crippen molar-refractivity contribution in [3.05, 3.63) is 59.4 Å². The summed E-state index contributed by atoms with van der Waals surface area (Å²) in [5.74, 6) is -2.66. The largest absolute Gasteiger partial charge is 0.497 e. The fourth-order valence-electron chi connectivity index (χ4n) is 5.35. The molecule has 10 nitrogen and oxygen atoms in total. The standard InChI is InChI=1S/C31H37F3N4O6/c1-30(2,3)44-29(42)38-16-13-24(23(18-38)31(32,33)34)36-27(40)21-7-10-25(35-17-21)28(41)37-14-11-20(12-15-37)26(39)19-5-8-22(43-4)9-6-19/h5-10,17,20,23-24H,11-16,18H2,1-4H3,(H,36,40)/t23-,24+/m0/s1. The molecule has 2 aliphatic heterocycles. The third-order valence-electron chi connectivity index (χ3n) is 7.77. The number of ketones is 1.